The number of morpholine rings is 1. The predicted molar refractivity (Wildman–Crippen MR) is 167 cm³/mol. The second-order valence-electron chi connectivity index (χ2n) is 11.5. The molecule has 43 heavy (non-hydrogen) atoms. The normalized spacial score (nSPS) is 13.4. The number of anilines is 3. The zero-order valence-electron chi connectivity index (χ0n) is 24.9. The molecule has 0 aliphatic carbocycles. The fourth-order valence-corrected chi connectivity index (χ4v) is 4.90. The molecule has 0 spiro atoms. The molecule has 2 aromatic carbocycles. The Morgan fingerprint density at radius 2 is 1.77 bits per heavy atom. The van der Waals surface area contributed by atoms with Gasteiger partial charge in [0.25, 0.3) is 11.5 Å². The molecule has 0 unspecified atom stereocenters. The Labute approximate surface area is 250 Å². The van der Waals surface area contributed by atoms with Gasteiger partial charge in [-0.1, -0.05) is 57.2 Å². The topological polar surface area (TPSA) is 118 Å². The maximum atomic E-state index is 13.0. The van der Waals surface area contributed by atoms with Crippen molar-refractivity contribution in [1.29, 1.82) is 0 Å². The molecule has 4 aromatic rings. The number of aryl methyl sites for hydroxylation is 1. The first-order valence-electron chi connectivity index (χ1n) is 14.2. The van der Waals surface area contributed by atoms with Crippen molar-refractivity contribution < 1.29 is 14.3 Å². The third kappa shape index (κ3) is 6.81. The van der Waals surface area contributed by atoms with Crippen LogP contribution in [-0.2, 0) is 23.7 Å². The van der Waals surface area contributed by atoms with E-state index in [1.165, 1.54) is 16.4 Å². The summed E-state index contributed by atoms with van der Waals surface area (Å²) in [5.41, 5.74) is 4.89. The third-order valence-electron chi connectivity index (χ3n) is 7.44. The van der Waals surface area contributed by atoms with Gasteiger partial charge in [-0.3, -0.25) is 14.4 Å². The lowest BCUT2D eigenvalue weighted by Gasteiger charge is -2.26. The quantitative estimate of drug-likeness (QED) is 0.286. The number of nitrogens with zero attached hydrogens (tertiary/aromatic N) is 4. The summed E-state index contributed by atoms with van der Waals surface area (Å²) in [5, 5.41) is 10.9. The lowest BCUT2D eigenvalue weighted by Crippen LogP contribution is -2.40. The van der Waals surface area contributed by atoms with Gasteiger partial charge in [0, 0.05) is 49.7 Å². The van der Waals surface area contributed by atoms with Crippen LogP contribution in [0, 0.1) is 0 Å². The molecular formula is C33H36N6O4. The summed E-state index contributed by atoms with van der Waals surface area (Å²) in [6.45, 7) is 9.19. The van der Waals surface area contributed by atoms with Crippen molar-refractivity contribution in [2.24, 2.45) is 7.05 Å². The van der Waals surface area contributed by atoms with E-state index in [1.54, 1.807) is 36.2 Å². The Bertz CT molecular complexity index is 1670. The van der Waals surface area contributed by atoms with E-state index in [4.69, 9.17) is 4.74 Å². The molecule has 2 aromatic heterocycles. The van der Waals surface area contributed by atoms with Crippen molar-refractivity contribution in [3.63, 3.8) is 0 Å². The smallest absolute Gasteiger partial charge is 0.290 e. The van der Waals surface area contributed by atoms with Gasteiger partial charge in [0.05, 0.1) is 24.5 Å². The molecule has 5 rings (SSSR count). The van der Waals surface area contributed by atoms with Gasteiger partial charge in [-0.15, -0.1) is 0 Å². The molecule has 1 amide bonds. The van der Waals surface area contributed by atoms with Crippen LogP contribution in [0.25, 0.3) is 11.3 Å². The molecule has 3 heterocycles. The van der Waals surface area contributed by atoms with Crippen LogP contribution in [0.1, 0.15) is 52.6 Å². The molecular weight excluding hydrogens is 544 g/mol. The minimum absolute atomic E-state index is 0.0725. The number of amides is 1. The Balaban J connectivity index is 1.36. The van der Waals surface area contributed by atoms with Gasteiger partial charge >= 0.3 is 0 Å². The predicted octanol–water partition coefficient (Wildman–Crippen LogP) is 4.78. The van der Waals surface area contributed by atoms with Crippen molar-refractivity contribution in [2.75, 3.05) is 36.9 Å². The third-order valence-corrected chi connectivity index (χ3v) is 7.44. The van der Waals surface area contributed by atoms with E-state index in [2.05, 4.69) is 65.8 Å². The number of aldehydes is 1. The Morgan fingerprint density at radius 1 is 1.02 bits per heavy atom. The van der Waals surface area contributed by atoms with Crippen LogP contribution in [-0.4, -0.2) is 58.2 Å². The van der Waals surface area contributed by atoms with Gasteiger partial charge < -0.3 is 20.3 Å². The van der Waals surface area contributed by atoms with Crippen LogP contribution >= 0.6 is 0 Å². The van der Waals surface area contributed by atoms with Gasteiger partial charge in [-0.05, 0) is 40.8 Å². The maximum Gasteiger partial charge on any atom is 0.290 e. The highest BCUT2D eigenvalue weighted by Gasteiger charge is 2.19. The van der Waals surface area contributed by atoms with E-state index >= 15 is 0 Å². The number of hydrogen-bond donors (Lipinski definition) is 2. The van der Waals surface area contributed by atoms with E-state index in [1.807, 2.05) is 12.1 Å². The van der Waals surface area contributed by atoms with Gasteiger partial charge in [-0.25, -0.2) is 9.67 Å². The SMILES string of the molecule is Cn1nc(-c2cccc(NCc3ccc(C(C)(C)C)cc3)c2C=O)cc(Nc2ccc(C(=O)N3CCOCC3)cn2)c1=O. The number of hydrogen-bond acceptors (Lipinski definition) is 8. The number of ether oxygens (including phenoxy) is 1. The molecule has 10 heteroatoms. The minimum Gasteiger partial charge on any atom is -0.380 e. The zero-order chi connectivity index (χ0) is 30.6. The summed E-state index contributed by atoms with van der Waals surface area (Å²) in [7, 11) is 1.55. The van der Waals surface area contributed by atoms with Crippen molar-refractivity contribution >= 4 is 29.4 Å². The maximum absolute atomic E-state index is 13.0. The number of aromatic nitrogens is 3. The Kier molecular flexibility index (Phi) is 8.68. The highest BCUT2D eigenvalue weighted by atomic mass is 16.5. The number of carbonyl (C=O) groups is 2. The summed E-state index contributed by atoms with van der Waals surface area (Å²) in [6, 6.07) is 18.9. The summed E-state index contributed by atoms with van der Waals surface area (Å²) in [6.07, 6.45) is 2.29. The number of pyridine rings is 1. The standard InChI is InChI=1S/C33H36N6O4/c1-33(2,3)24-11-8-22(9-12-24)19-34-27-7-5-6-25(26(27)21-40)28-18-29(32(42)38(4)37-28)36-30-13-10-23(20-35-30)31(41)39-14-16-43-17-15-39/h5-13,18,20-21,34H,14-17,19H2,1-4H3,(H,35,36). The summed E-state index contributed by atoms with van der Waals surface area (Å²) < 4.78 is 6.54. The van der Waals surface area contributed by atoms with E-state index in [0.29, 0.717) is 66.7 Å². The zero-order valence-corrected chi connectivity index (χ0v) is 24.9. The van der Waals surface area contributed by atoms with Crippen LogP contribution in [0.4, 0.5) is 17.2 Å². The molecule has 1 aliphatic heterocycles. The van der Waals surface area contributed by atoms with Crippen LogP contribution in [0.5, 0.6) is 0 Å². The number of nitrogens with one attached hydrogen (secondary N) is 2. The van der Waals surface area contributed by atoms with Crippen LogP contribution in [0.15, 0.2) is 71.7 Å². The van der Waals surface area contributed by atoms with E-state index < -0.39 is 0 Å². The molecule has 2 N–H and O–H groups in total. The average molecular weight is 581 g/mol. The molecule has 1 aliphatic rings. The lowest BCUT2D eigenvalue weighted by atomic mass is 9.87. The first-order chi connectivity index (χ1) is 20.6. The van der Waals surface area contributed by atoms with E-state index in [9.17, 15) is 14.4 Å². The molecule has 10 nitrogen and oxygen atoms in total. The van der Waals surface area contributed by atoms with Crippen LogP contribution in [0.3, 0.4) is 0 Å². The first kappa shape index (κ1) is 29.7. The van der Waals surface area contributed by atoms with Gasteiger partial charge in [-0.2, -0.15) is 5.10 Å². The highest BCUT2D eigenvalue weighted by molar-refractivity contribution is 5.95. The van der Waals surface area contributed by atoms with Crippen molar-refractivity contribution in [3.05, 3.63) is 99.5 Å². The molecule has 222 valence electrons. The van der Waals surface area contributed by atoms with Crippen molar-refractivity contribution in [1.82, 2.24) is 19.7 Å². The van der Waals surface area contributed by atoms with Gasteiger partial charge in [0.15, 0.2) is 6.29 Å². The second-order valence-corrected chi connectivity index (χ2v) is 11.5. The van der Waals surface area contributed by atoms with Crippen molar-refractivity contribution in [3.8, 4) is 11.3 Å². The summed E-state index contributed by atoms with van der Waals surface area (Å²) in [5.74, 6) is 0.289. The Hall–Kier alpha value is -4.83. The second kappa shape index (κ2) is 12.6. The van der Waals surface area contributed by atoms with Crippen LogP contribution < -0.4 is 16.2 Å². The van der Waals surface area contributed by atoms with Crippen molar-refractivity contribution in [2.45, 2.75) is 32.7 Å². The van der Waals surface area contributed by atoms with E-state index in [-0.39, 0.29) is 22.6 Å². The van der Waals surface area contributed by atoms with E-state index in [0.717, 1.165) is 11.8 Å². The fraction of sp³-hybridized carbons (Fsp3) is 0.303. The molecule has 0 saturated carbocycles. The largest absolute Gasteiger partial charge is 0.380 e. The number of benzene rings is 2. The van der Waals surface area contributed by atoms with Crippen LogP contribution in [0.2, 0.25) is 0 Å². The summed E-state index contributed by atoms with van der Waals surface area (Å²) in [4.78, 5) is 44.1. The molecule has 1 fully saturated rings. The van der Waals surface area contributed by atoms with Gasteiger partial charge in [0.1, 0.15) is 11.5 Å². The lowest BCUT2D eigenvalue weighted by molar-refractivity contribution is 0.0302. The Morgan fingerprint density at radius 3 is 2.42 bits per heavy atom. The number of rotatable bonds is 8. The average Bonchev–Trinajstić information content (AvgIpc) is 3.02. The molecule has 0 radical (unpaired) electrons. The monoisotopic (exact) mass is 580 g/mol. The first-order valence-corrected chi connectivity index (χ1v) is 14.2. The highest BCUT2D eigenvalue weighted by Crippen LogP contribution is 2.29. The minimum atomic E-state index is -0.361. The fourth-order valence-electron chi connectivity index (χ4n) is 4.90. The molecule has 0 atom stereocenters. The molecule has 1 saturated heterocycles. The van der Waals surface area contributed by atoms with Gasteiger partial charge in [0.2, 0.25) is 0 Å². The summed E-state index contributed by atoms with van der Waals surface area (Å²) >= 11 is 0. The number of carbonyl (C=O) groups excluding carboxylic acids is 2. The molecule has 0 bridgehead atoms.